The summed E-state index contributed by atoms with van der Waals surface area (Å²) in [5.41, 5.74) is 2.97. The molecule has 2 N–H and O–H groups in total. The molecule has 3 aromatic rings. The number of aryl methyl sites for hydroxylation is 1. The molecule has 0 bridgehead atoms. The Bertz CT molecular complexity index is 981. The van der Waals surface area contributed by atoms with E-state index in [0.717, 1.165) is 17.1 Å². The Labute approximate surface area is 157 Å². The molecule has 0 atom stereocenters. The maximum absolute atomic E-state index is 8.89. The van der Waals surface area contributed by atoms with Crippen molar-refractivity contribution in [1.29, 1.82) is 5.26 Å². The molecule has 0 amide bonds. The van der Waals surface area contributed by atoms with Gasteiger partial charge in [-0.1, -0.05) is 0 Å². The van der Waals surface area contributed by atoms with E-state index in [1.165, 1.54) is 0 Å². The van der Waals surface area contributed by atoms with E-state index in [2.05, 4.69) is 26.7 Å². The largest absolute Gasteiger partial charge is 0.497 e. The molecule has 3 rings (SSSR count). The first kappa shape index (κ1) is 18.0. The zero-order valence-electron chi connectivity index (χ0n) is 15.3. The Hall–Kier alpha value is -3.79. The van der Waals surface area contributed by atoms with Crippen LogP contribution in [0.2, 0.25) is 0 Å². The topological polar surface area (TPSA) is 92.1 Å². The predicted octanol–water partition coefficient (Wildman–Crippen LogP) is 4.16. The quantitative estimate of drug-likeness (QED) is 0.681. The Kier molecular flexibility index (Phi) is 5.38. The summed E-state index contributed by atoms with van der Waals surface area (Å²) in [4.78, 5) is 8.92. The lowest BCUT2D eigenvalue weighted by Crippen LogP contribution is -2.03. The number of aromatic nitrogens is 2. The molecule has 0 aliphatic carbocycles. The van der Waals surface area contributed by atoms with Gasteiger partial charge in [0.2, 0.25) is 5.95 Å². The van der Waals surface area contributed by atoms with Crippen LogP contribution in [0.1, 0.15) is 11.3 Å². The van der Waals surface area contributed by atoms with Crippen molar-refractivity contribution >= 4 is 23.1 Å². The van der Waals surface area contributed by atoms with Gasteiger partial charge in [-0.3, -0.25) is 0 Å². The van der Waals surface area contributed by atoms with Crippen molar-refractivity contribution in [1.82, 2.24) is 9.97 Å². The normalized spacial score (nSPS) is 10.0. The molecular weight excluding hydrogens is 342 g/mol. The van der Waals surface area contributed by atoms with Crippen LogP contribution in [0.3, 0.4) is 0 Å². The molecule has 0 unspecified atom stereocenters. The van der Waals surface area contributed by atoms with Gasteiger partial charge in [0.25, 0.3) is 0 Å². The van der Waals surface area contributed by atoms with Crippen LogP contribution in [-0.4, -0.2) is 24.2 Å². The number of methoxy groups -OCH3 is 2. The lowest BCUT2D eigenvalue weighted by Gasteiger charge is -2.13. The van der Waals surface area contributed by atoms with Crippen LogP contribution in [0.4, 0.5) is 23.1 Å². The van der Waals surface area contributed by atoms with Crippen LogP contribution >= 0.6 is 0 Å². The second kappa shape index (κ2) is 8.06. The average Bonchev–Trinajstić information content (AvgIpc) is 2.68. The summed E-state index contributed by atoms with van der Waals surface area (Å²) in [6.45, 7) is 1.89. The Morgan fingerprint density at radius 1 is 0.926 bits per heavy atom. The molecule has 27 heavy (non-hydrogen) atoms. The van der Waals surface area contributed by atoms with Crippen molar-refractivity contribution in [2.24, 2.45) is 0 Å². The molecule has 0 saturated carbocycles. The van der Waals surface area contributed by atoms with Crippen molar-refractivity contribution in [3.8, 4) is 17.6 Å². The van der Waals surface area contributed by atoms with Crippen LogP contribution in [0.25, 0.3) is 0 Å². The first-order chi connectivity index (χ1) is 13.1. The molecule has 7 heteroatoms. The summed E-state index contributed by atoms with van der Waals surface area (Å²) in [6.07, 6.45) is 0. The average molecular weight is 361 g/mol. The number of nitrogens with one attached hydrogen (secondary N) is 2. The summed E-state index contributed by atoms with van der Waals surface area (Å²) in [7, 11) is 3.20. The highest BCUT2D eigenvalue weighted by atomic mass is 16.5. The third-order valence-corrected chi connectivity index (χ3v) is 3.80. The summed E-state index contributed by atoms with van der Waals surface area (Å²) in [5, 5.41) is 15.3. The van der Waals surface area contributed by atoms with Gasteiger partial charge in [0, 0.05) is 23.5 Å². The minimum atomic E-state index is 0.439. The number of rotatable bonds is 6. The number of benzene rings is 2. The van der Waals surface area contributed by atoms with Gasteiger partial charge >= 0.3 is 0 Å². The van der Waals surface area contributed by atoms with E-state index in [1.54, 1.807) is 32.4 Å². The molecule has 7 nitrogen and oxygen atoms in total. The zero-order chi connectivity index (χ0) is 19.2. The third kappa shape index (κ3) is 4.44. The molecular formula is C20H19N5O2. The van der Waals surface area contributed by atoms with Gasteiger partial charge in [0.05, 0.1) is 31.5 Å². The van der Waals surface area contributed by atoms with Crippen molar-refractivity contribution < 1.29 is 9.47 Å². The number of ether oxygens (including phenoxy) is 2. The van der Waals surface area contributed by atoms with Gasteiger partial charge in [0.15, 0.2) is 0 Å². The van der Waals surface area contributed by atoms with Gasteiger partial charge in [-0.15, -0.1) is 0 Å². The number of nitriles is 1. The van der Waals surface area contributed by atoms with Gasteiger partial charge in [-0.25, -0.2) is 4.98 Å². The van der Waals surface area contributed by atoms with E-state index in [4.69, 9.17) is 14.7 Å². The first-order valence-corrected chi connectivity index (χ1v) is 8.23. The molecule has 0 radical (unpaired) electrons. The van der Waals surface area contributed by atoms with E-state index in [-0.39, 0.29) is 0 Å². The highest BCUT2D eigenvalue weighted by Gasteiger charge is 2.09. The Balaban J connectivity index is 1.84. The molecule has 0 aliphatic heterocycles. The Morgan fingerprint density at radius 3 is 2.37 bits per heavy atom. The Morgan fingerprint density at radius 2 is 1.70 bits per heavy atom. The molecule has 136 valence electrons. The summed E-state index contributed by atoms with van der Waals surface area (Å²) in [5.74, 6) is 2.41. The zero-order valence-corrected chi connectivity index (χ0v) is 15.3. The minimum Gasteiger partial charge on any atom is -0.497 e. The minimum absolute atomic E-state index is 0.439. The lowest BCUT2D eigenvalue weighted by molar-refractivity contribution is 0.395. The number of hydrogen-bond acceptors (Lipinski definition) is 7. The van der Waals surface area contributed by atoms with E-state index >= 15 is 0 Å². The van der Waals surface area contributed by atoms with Crippen molar-refractivity contribution in [3.05, 3.63) is 59.8 Å². The molecule has 1 heterocycles. The van der Waals surface area contributed by atoms with Gasteiger partial charge in [-0.05, 0) is 43.3 Å². The maximum Gasteiger partial charge on any atom is 0.229 e. The van der Waals surface area contributed by atoms with Crippen LogP contribution in [0, 0.1) is 18.3 Å². The fourth-order valence-electron chi connectivity index (χ4n) is 2.49. The molecule has 0 aliphatic rings. The van der Waals surface area contributed by atoms with E-state index in [0.29, 0.717) is 28.8 Å². The van der Waals surface area contributed by atoms with Gasteiger partial charge in [-0.2, -0.15) is 10.2 Å². The first-order valence-electron chi connectivity index (χ1n) is 8.23. The fraction of sp³-hybridized carbons (Fsp3) is 0.150. The molecule has 0 fully saturated rings. The van der Waals surface area contributed by atoms with Crippen LogP contribution in [0.5, 0.6) is 11.5 Å². The molecule has 0 spiro atoms. The monoisotopic (exact) mass is 361 g/mol. The maximum atomic E-state index is 8.89. The summed E-state index contributed by atoms with van der Waals surface area (Å²) < 4.78 is 10.6. The fourth-order valence-corrected chi connectivity index (χ4v) is 2.49. The predicted molar refractivity (Wildman–Crippen MR) is 104 cm³/mol. The smallest absolute Gasteiger partial charge is 0.229 e. The molecule has 0 saturated heterocycles. The van der Waals surface area contributed by atoms with Crippen LogP contribution in [0.15, 0.2) is 48.5 Å². The van der Waals surface area contributed by atoms with Crippen molar-refractivity contribution in [2.45, 2.75) is 6.92 Å². The van der Waals surface area contributed by atoms with E-state index in [1.807, 2.05) is 37.3 Å². The highest BCUT2D eigenvalue weighted by Crippen LogP contribution is 2.31. The van der Waals surface area contributed by atoms with Crippen molar-refractivity contribution in [2.75, 3.05) is 24.9 Å². The van der Waals surface area contributed by atoms with Crippen LogP contribution in [-0.2, 0) is 0 Å². The summed E-state index contributed by atoms with van der Waals surface area (Å²) in [6, 6.07) is 16.6. The van der Waals surface area contributed by atoms with Crippen LogP contribution < -0.4 is 20.1 Å². The molecule has 1 aromatic heterocycles. The van der Waals surface area contributed by atoms with Gasteiger partial charge in [0.1, 0.15) is 17.3 Å². The number of hydrogen-bond donors (Lipinski definition) is 2. The second-order valence-electron chi connectivity index (χ2n) is 5.72. The van der Waals surface area contributed by atoms with Gasteiger partial charge < -0.3 is 20.1 Å². The SMILES string of the molecule is COc1ccc(Nc2nc(C)cc(Nc3ccc(C#N)cc3)n2)c(OC)c1. The lowest BCUT2D eigenvalue weighted by atomic mass is 10.2. The molecule has 2 aromatic carbocycles. The summed E-state index contributed by atoms with van der Waals surface area (Å²) >= 11 is 0. The second-order valence-corrected chi connectivity index (χ2v) is 5.72. The van der Waals surface area contributed by atoms with E-state index in [9.17, 15) is 0 Å². The number of anilines is 4. The highest BCUT2D eigenvalue weighted by molar-refractivity contribution is 5.66. The third-order valence-electron chi connectivity index (χ3n) is 3.80. The van der Waals surface area contributed by atoms with E-state index < -0.39 is 0 Å². The standard InChI is InChI=1S/C20H19N5O2/c1-13-10-19(23-15-6-4-14(12-21)5-7-15)25-20(22-13)24-17-9-8-16(26-2)11-18(17)27-3/h4-11H,1-3H3,(H2,22,23,24,25). The number of nitrogens with zero attached hydrogens (tertiary/aromatic N) is 3. The van der Waals surface area contributed by atoms with Crippen molar-refractivity contribution in [3.63, 3.8) is 0 Å².